The second-order valence-corrected chi connectivity index (χ2v) is 11.4. The molecule has 3 atom stereocenters. The van der Waals surface area contributed by atoms with E-state index in [1.165, 1.54) is 4.90 Å². The van der Waals surface area contributed by atoms with Crippen molar-refractivity contribution >= 4 is 11.7 Å². The average molecular weight is 606 g/mol. The third-order valence-electron chi connectivity index (χ3n) is 8.93. The van der Waals surface area contributed by atoms with Crippen LogP contribution < -0.4 is 0 Å². The summed E-state index contributed by atoms with van der Waals surface area (Å²) in [4.78, 5) is 32.1. The van der Waals surface area contributed by atoms with Gasteiger partial charge in [0.05, 0.1) is 11.1 Å². The van der Waals surface area contributed by atoms with Gasteiger partial charge in [-0.05, 0) is 43.5 Å². The molecule has 0 N–H and O–H groups in total. The van der Waals surface area contributed by atoms with E-state index in [0.29, 0.717) is 51.2 Å². The number of allylic oxidation sites excluding steroid dienone is 2. The maximum absolute atomic E-state index is 13.5. The molecule has 1 aliphatic carbocycles. The molecule has 0 aromatic heterocycles. The normalized spacial score (nSPS) is 25.6. The summed E-state index contributed by atoms with van der Waals surface area (Å²) in [5.74, 6) is -0.988. The Morgan fingerprint density at radius 3 is 2.00 bits per heavy atom. The van der Waals surface area contributed by atoms with E-state index in [-0.39, 0.29) is 36.9 Å². The lowest BCUT2D eigenvalue weighted by Crippen LogP contribution is -2.62. The molecule has 1 amide bonds. The highest BCUT2D eigenvalue weighted by atomic mass is 19.4. The van der Waals surface area contributed by atoms with Crippen molar-refractivity contribution < 1.29 is 35.9 Å². The number of carbonyl (C=O) groups excluding carboxylic acids is 2. The van der Waals surface area contributed by atoms with E-state index in [0.717, 1.165) is 5.56 Å². The van der Waals surface area contributed by atoms with Crippen LogP contribution in [-0.4, -0.2) is 77.2 Å². The van der Waals surface area contributed by atoms with Crippen LogP contribution in [0.2, 0.25) is 0 Å². The van der Waals surface area contributed by atoms with Crippen molar-refractivity contribution in [1.82, 2.24) is 14.7 Å². The molecule has 0 spiro atoms. The second-order valence-electron chi connectivity index (χ2n) is 11.4. The summed E-state index contributed by atoms with van der Waals surface area (Å²) in [7, 11) is 0. The van der Waals surface area contributed by atoms with Crippen LogP contribution in [0.3, 0.4) is 0 Å². The summed E-state index contributed by atoms with van der Waals surface area (Å²) in [6, 6.07) is 10.5. The number of halogens is 6. The maximum atomic E-state index is 13.5. The van der Waals surface area contributed by atoms with Crippen LogP contribution in [0.15, 0.2) is 72.8 Å². The van der Waals surface area contributed by atoms with Crippen LogP contribution in [0.5, 0.6) is 0 Å². The van der Waals surface area contributed by atoms with Gasteiger partial charge in [-0.2, -0.15) is 26.3 Å². The van der Waals surface area contributed by atoms with Crippen molar-refractivity contribution in [3.8, 4) is 0 Å². The number of amides is 1. The molecule has 5 nitrogen and oxygen atoms in total. The summed E-state index contributed by atoms with van der Waals surface area (Å²) in [6.45, 7) is 4.61. The highest BCUT2D eigenvalue weighted by molar-refractivity contribution is 5.95. The molecule has 2 aliphatic heterocycles. The third-order valence-corrected chi connectivity index (χ3v) is 8.93. The number of piperidine rings is 1. The van der Waals surface area contributed by atoms with E-state index in [1.807, 2.05) is 54.6 Å². The predicted octanol–water partition coefficient (Wildman–Crippen LogP) is 6.18. The molecule has 0 radical (unpaired) electrons. The number of ketones is 1. The van der Waals surface area contributed by atoms with Gasteiger partial charge in [0, 0.05) is 56.8 Å². The van der Waals surface area contributed by atoms with E-state index in [2.05, 4.69) is 9.80 Å². The molecule has 2 aromatic rings. The van der Waals surface area contributed by atoms with Crippen molar-refractivity contribution in [3.63, 3.8) is 0 Å². The van der Waals surface area contributed by atoms with Crippen molar-refractivity contribution in [2.75, 3.05) is 39.3 Å². The molecule has 0 saturated carbocycles. The maximum Gasteiger partial charge on any atom is 0.416 e. The largest absolute Gasteiger partial charge is 0.416 e. The quantitative estimate of drug-likeness (QED) is 0.382. The van der Waals surface area contributed by atoms with Crippen LogP contribution in [0.4, 0.5) is 26.3 Å². The number of Topliss-reactive ketones (excluding diaryl/α,β-unsaturated/α-hetero) is 1. The number of hydrogen-bond acceptors (Lipinski definition) is 4. The number of benzene rings is 2. The van der Waals surface area contributed by atoms with Crippen LogP contribution in [-0.2, 0) is 17.1 Å². The zero-order valence-electron chi connectivity index (χ0n) is 23.7. The van der Waals surface area contributed by atoms with Gasteiger partial charge in [-0.15, -0.1) is 0 Å². The van der Waals surface area contributed by atoms with Gasteiger partial charge >= 0.3 is 12.4 Å². The van der Waals surface area contributed by atoms with Gasteiger partial charge in [0.1, 0.15) is 5.54 Å². The van der Waals surface area contributed by atoms with Gasteiger partial charge in [0.15, 0.2) is 5.78 Å². The zero-order chi connectivity index (χ0) is 31.0. The molecule has 2 aromatic carbocycles. The number of nitrogens with zero attached hydrogens (tertiary/aromatic N) is 3. The lowest BCUT2D eigenvalue weighted by atomic mass is 9.83. The fourth-order valence-electron chi connectivity index (χ4n) is 6.63. The fourth-order valence-corrected chi connectivity index (χ4v) is 6.63. The Labute approximate surface area is 246 Å². The molecule has 43 heavy (non-hydrogen) atoms. The van der Waals surface area contributed by atoms with Gasteiger partial charge in [-0.25, -0.2) is 0 Å². The van der Waals surface area contributed by atoms with Crippen molar-refractivity contribution in [3.05, 3.63) is 95.1 Å². The average Bonchev–Trinajstić information content (AvgIpc) is 3.00. The Bertz CT molecular complexity index is 1360. The molecular weight excluding hydrogens is 572 g/mol. The first-order chi connectivity index (χ1) is 20.3. The smallest absolute Gasteiger partial charge is 0.338 e. The van der Waals surface area contributed by atoms with Crippen LogP contribution in [0.25, 0.3) is 0 Å². The zero-order valence-corrected chi connectivity index (χ0v) is 23.7. The fraction of sp³-hybridized carbons (Fsp3) is 0.438. The summed E-state index contributed by atoms with van der Waals surface area (Å²) in [6.07, 6.45) is -1.19. The number of piperazine rings is 1. The third kappa shape index (κ3) is 6.43. The van der Waals surface area contributed by atoms with Gasteiger partial charge in [0.2, 0.25) is 0 Å². The van der Waals surface area contributed by atoms with E-state index in [1.54, 1.807) is 6.92 Å². The second kappa shape index (κ2) is 11.9. The van der Waals surface area contributed by atoms with Gasteiger partial charge in [0.25, 0.3) is 5.91 Å². The summed E-state index contributed by atoms with van der Waals surface area (Å²) in [5.41, 5.74) is -3.39. The van der Waals surface area contributed by atoms with E-state index in [4.69, 9.17) is 0 Å². The Hall–Kier alpha value is -3.44. The molecule has 1 unspecified atom stereocenters. The van der Waals surface area contributed by atoms with Crippen molar-refractivity contribution in [2.45, 2.75) is 49.6 Å². The number of carbonyl (C=O) groups is 2. The number of rotatable bonds is 5. The topological polar surface area (TPSA) is 43.9 Å². The monoisotopic (exact) mass is 605 g/mol. The standard InChI is InChI=1S/C32H33F6N3O2/c1-22(42)30(11-6-3-7-12-30)41-16-14-39(15-17-41)28-10-13-40(21-27(28)23-8-4-2-5-9-23)29(43)24-18-25(31(33,34)35)20-26(19-24)32(36,37)38/h2-9,11,18-20,27-28H,10,12-17,21H2,1H3/t27-,28-,30?/m0/s1. The van der Waals surface area contributed by atoms with Crippen LogP contribution in [0, 0.1) is 0 Å². The van der Waals surface area contributed by atoms with Gasteiger partial charge in [-0.3, -0.25) is 19.4 Å². The van der Waals surface area contributed by atoms with Gasteiger partial charge in [-0.1, -0.05) is 54.6 Å². The molecule has 0 bridgehead atoms. The molecule has 230 valence electrons. The minimum absolute atomic E-state index is 0.00378. The van der Waals surface area contributed by atoms with E-state index in [9.17, 15) is 35.9 Å². The van der Waals surface area contributed by atoms with Crippen molar-refractivity contribution in [1.29, 1.82) is 0 Å². The first-order valence-corrected chi connectivity index (χ1v) is 14.3. The Morgan fingerprint density at radius 2 is 1.47 bits per heavy atom. The summed E-state index contributed by atoms with van der Waals surface area (Å²) < 4.78 is 80.8. The molecule has 5 rings (SSSR count). The Balaban J connectivity index is 1.37. The van der Waals surface area contributed by atoms with Gasteiger partial charge < -0.3 is 4.90 Å². The number of hydrogen-bond donors (Lipinski definition) is 0. The van der Waals surface area contributed by atoms with Crippen LogP contribution in [0.1, 0.15) is 52.7 Å². The molecular formula is C32H33F6N3O2. The summed E-state index contributed by atoms with van der Waals surface area (Å²) in [5, 5.41) is 0. The Kier molecular flexibility index (Phi) is 8.59. The molecule has 2 fully saturated rings. The minimum Gasteiger partial charge on any atom is -0.338 e. The minimum atomic E-state index is -5.04. The predicted molar refractivity (Wildman–Crippen MR) is 149 cm³/mol. The van der Waals surface area contributed by atoms with Crippen LogP contribution >= 0.6 is 0 Å². The first-order valence-electron chi connectivity index (χ1n) is 14.3. The Morgan fingerprint density at radius 1 is 0.837 bits per heavy atom. The lowest BCUT2D eigenvalue weighted by Gasteiger charge is -2.50. The first kappa shape index (κ1) is 31.0. The summed E-state index contributed by atoms with van der Waals surface area (Å²) >= 11 is 0. The highest BCUT2D eigenvalue weighted by Crippen LogP contribution is 2.38. The number of alkyl halides is 6. The highest BCUT2D eigenvalue weighted by Gasteiger charge is 2.44. The molecule has 2 heterocycles. The molecule has 11 heteroatoms. The SMILES string of the molecule is CC(=O)C1(N2CCN([C@H]3CCN(C(=O)c4cc(C(F)(F)F)cc(C(F)(F)F)c4)C[C@H]3c3ccccc3)CC2)C=CC=CC1. The molecule has 2 saturated heterocycles. The molecule has 3 aliphatic rings. The lowest BCUT2D eigenvalue weighted by molar-refractivity contribution is -0.143. The number of likely N-dealkylation sites (tertiary alicyclic amines) is 1. The van der Waals surface area contributed by atoms with Crippen molar-refractivity contribution in [2.24, 2.45) is 0 Å². The van der Waals surface area contributed by atoms with E-state index >= 15 is 0 Å². The van der Waals surface area contributed by atoms with E-state index < -0.39 is 40.5 Å².